The van der Waals surface area contributed by atoms with Crippen LogP contribution in [0.3, 0.4) is 0 Å². The summed E-state index contributed by atoms with van der Waals surface area (Å²) in [5, 5.41) is 16.9. The second kappa shape index (κ2) is 8.27. The number of nitrogens with one attached hydrogen (secondary N) is 2. The number of phenols is 1. The molecule has 0 saturated carbocycles. The van der Waals surface area contributed by atoms with Gasteiger partial charge >= 0.3 is 0 Å². The highest BCUT2D eigenvalue weighted by Gasteiger charge is 2.19. The number of fused-ring (bicyclic) bond motifs is 1. The topological polar surface area (TPSA) is 62.8 Å². The van der Waals surface area contributed by atoms with Gasteiger partial charge in [0.1, 0.15) is 5.75 Å². The van der Waals surface area contributed by atoms with E-state index in [0.717, 1.165) is 30.6 Å². The average molecular weight is 372 g/mol. The fourth-order valence-electron chi connectivity index (χ4n) is 3.23. The van der Waals surface area contributed by atoms with Crippen LogP contribution in [-0.2, 0) is 19.4 Å². The number of benzene rings is 2. The maximum Gasteiger partial charge on any atom is 0.166 e. The van der Waals surface area contributed by atoms with E-state index in [1.54, 1.807) is 19.2 Å². The lowest BCUT2D eigenvalue weighted by Crippen LogP contribution is -2.44. The molecule has 0 heterocycles. The van der Waals surface area contributed by atoms with Crippen molar-refractivity contribution < 1.29 is 14.6 Å². The second-order valence-corrected chi connectivity index (χ2v) is 6.82. The summed E-state index contributed by atoms with van der Waals surface area (Å²) in [5.41, 5.74) is 3.70. The first-order valence-corrected chi connectivity index (χ1v) is 9.06. The average Bonchev–Trinajstić information content (AvgIpc) is 2.66. The predicted molar refractivity (Wildman–Crippen MR) is 106 cm³/mol. The van der Waals surface area contributed by atoms with Gasteiger partial charge < -0.3 is 25.2 Å². The summed E-state index contributed by atoms with van der Waals surface area (Å²) < 4.78 is 10.4. The van der Waals surface area contributed by atoms with E-state index in [2.05, 4.69) is 22.8 Å². The number of hydrogen-bond donors (Lipinski definition) is 3. The molecule has 0 aliphatic heterocycles. The van der Waals surface area contributed by atoms with Crippen LogP contribution in [0.25, 0.3) is 0 Å². The van der Waals surface area contributed by atoms with Gasteiger partial charge in [0, 0.05) is 12.6 Å². The molecule has 26 heavy (non-hydrogen) atoms. The van der Waals surface area contributed by atoms with Gasteiger partial charge in [0.05, 0.1) is 14.2 Å². The molecule has 1 unspecified atom stereocenters. The molecular weight excluding hydrogens is 348 g/mol. The van der Waals surface area contributed by atoms with Crippen molar-refractivity contribution in [3.8, 4) is 17.2 Å². The first-order valence-electron chi connectivity index (χ1n) is 8.65. The number of phenolic OH excluding ortho intramolecular Hbond substituents is 1. The van der Waals surface area contributed by atoms with Crippen LogP contribution in [0.1, 0.15) is 23.1 Å². The molecule has 3 N–H and O–H groups in total. The van der Waals surface area contributed by atoms with Crippen molar-refractivity contribution in [2.45, 2.75) is 31.8 Å². The van der Waals surface area contributed by atoms with Crippen LogP contribution in [0.2, 0.25) is 0 Å². The van der Waals surface area contributed by atoms with Gasteiger partial charge in [-0.1, -0.05) is 12.1 Å². The molecule has 0 bridgehead atoms. The summed E-state index contributed by atoms with van der Waals surface area (Å²) in [5.74, 6) is 1.51. The minimum Gasteiger partial charge on any atom is -0.504 e. The number of thiocarbonyl (C=S) groups is 1. The summed E-state index contributed by atoms with van der Waals surface area (Å²) in [6, 6.07) is 11.9. The molecular formula is C20H24N2O3S. The van der Waals surface area contributed by atoms with E-state index in [9.17, 15) is 5.11 Å². The van der Waals surface area contributed by atoms with Crippen LogP contribution < -0.4 is 20.1 Å². The largest absolute Gasteiger partial charge is 0.504 e. The lowest BCUT2D eigenvalue weighted by molar-refractivity contribution is 0.373. The van der Waals surface area contributed by atoms with Crippen molar-refractivity contribution in [3.63, 3.8) is 0 Å². The van der Waals surface area contributed by atoms with Crippen molar-refractivity contribution >= 4 is 17.3 Å². The van der Waals surface area contributed by atoms with E-state index in [-0.39, 0.29) is 5.75 Å². The van der Waals surface area contributed by atoms with Crippen molar-refractivity contribution in [1.82, 2.24) is 10.6 Å². The van der Waals surface area contributed by atoms with E-state index in [1.807, 2.05) is 12.1 Å². The van der Waals surface area contributed by atoms with Gasteiger partial charge in [0.15, 0.2) is 16.6 Å². The van der Waals surface area contributed by atoms with Crippen molar-refractivity contribution in [2.75, 3.05) is 14.2 Å². The molecule has 0 radical (unpaired) electrons. The fourth-order valence-corrected chi connectivity index (χ4v) is 3.47. The van der Waals surface area contributed by atoms with E-state index < -0.39 is 0 Å². The Bertz CT molecular complexity index is 795. The Morgan fingerprint density at radius 2 is 2.00 bits per heavy atom. The van der Waals surface area contributed by atoms with Gasteiger partial charge in [-0.15, -0.1) is 0 Å². The molecule has 1 aliphatic rings. The quantitative estimate of drug-likeness (QED) is 0.702. The molecule has 0 aromatic heterocycles. The minimum absolute atomic E-state index is 0.134. The Morgan fingerprint density at radius 1 is 1.15 bits per heavy atom. The minimum atomic E-state index is 0.134. The summed E-state index contributed by atoms with van der Waals surface area (Å²) in [6.45, 7) is 0.572. The number of aromatic hydroxyl groups is 1. The third-order valence-electron chi connectivity index (χ3n) is 4.67. The fraction of sp³-hybridized carbons (Fsp3) is 0.350. The van der Waals surface area contributed by atoms with E-state index >= 15 is 0 Å². The summed E-state index contributed by atoms with van der Waals surface area (Å²) >= 11 is 5.44. The molecule has 1 aliphatic carbocycles. The monoisotopic (exact) mass is 372 g/mol. The van der Waals surface area contributed by atoms with Crippen LogP contribution in [-0.4, -0.2) is 30.5 Å². The van der Waals surface area contributed by atoms with Crippen LogP contribution in [0, 0.1) is 0 Å². The molecule has 1 atom stereocenters. The summed E-state index contributed by atoms with van der Waals surface area (Å²) in [4.78, 5) is 0. The molecule has 3 rings (SSSR count). The number of rotatable bonds is 5. The lowest BCUT2D eigenvalue weighted by atomic mass is 9.88. The first kappa shape index (κ1) is 18.3. The number of methoxy groups -OCH3 is 2. The molecule has 2 aromatic carbocycles. The van der Waals surface area contributed by atoms with Crippen molar-refractivity contribution in [3.05, 3.63) is 53.1 Å². The lowest BCUT2D eigenvalue weighted by Gasteiger charge is -2.27. The zero-order valence-corrected chi connectivity index (χ0v) is 15.9. The Morgan fingerprint density at radius 3 is 2.77 bits per heavy atom. The van der Waals surface area contributed by atoms with E-state index in [1.165, 1.54) is 18.2 Å². The Balaban J connectivity index is 1.52. The molecule has 5 nitrogen and oxygen atoms in total. The number of aryl methyl sites for hydroxylation is 1. The van der Waals surface area contributed by atoms with Gasteiger partial charge in [0.25, 0.3) is 0 Å². The van der Waals surface area contributed by atoms with Crippen LogP contribution in [0.4, 0.5) is 0 Å². The molecule has 0 fully saturated rings. The van der Waals surface area contributed by atoms with Gasteiger partial charge in [0.2, 0.25) is 0 Å². The van der Waals surface area contributed by atoms with Gasteiger partial charge in [-0.2, -0.15) is 0 Å². The Labute approximate surface area is 159 Å². The van der Waals surface area contributed by atoms with Crippen molar-refractivity contribution in [1.29, 1.82) is 0 Å². The molecule has 0 spiro atoms. The molecule has 2 aromatic rings. The SMILES string of the molecule is COc1ccc2c(c1)CCC(NC(=S)NCc1ccc(O)c(OC)c1)C2. The molecule has 0 amide bonds. The van der Waals surface area contributed by atoms with Crippen molar-refractivity contribution in [2.24, 2.45) is 0 Å². The van der Waals surface area contributed by atoms with Crippen LogP contribution >= 0.6 is 12.2 Å². The third kappa shape index (κ3) is 4.38. The third-order valence-corrected chi connectivity index (χ3v) is 4.94. The smallest absolute Gasteiger partial charge is 0.166 e. The van der Waals surface area contributed by atoms with Crippen LogP contribution in [0.5, 0.6) is 17.2 Å². The number of ether oxygens (including phenoxy) is 2. The second-order valence-electron chi connectivity index (χ2n) is 6.41. The zero-order valence-electron chi connectivity index (χ0n) is 15.0. The summed E-state index contributed by atoms with van der Waals surface area (Å²) in [7, 11) is 3.23. The van der Waals surface area contributed by atoms with Gasteiger partial charge in [-0.3, -0.25) is 0 Å². The first-order chi connectivity index (χ1) is 12.6. The van der Waals surface area contributed by atoms with E-state index in [4.69, 9.17) is 21.7 Å². The van der Waals surface area contributed by atoms with Gasteiger partial charge in [-0.05, 0) is 72.4 Å². The predicted octanol–water partition coefficient (Wildman–Crippen LogP) is 2.93. The standard InChI is InChI=1S/C20H24N2O3S/c1-24-17-7-5-14-10-16(6-4-15(14)11-17)22-20(26)21-12-13-3-8-18(23)19(9-13)25-2/h3,5,7-9,11,16,23H,4,6,10,12H2,1-2H3,(H2,21,22,26). The normalized spacial score (nSPS) is 15.7. The highest BCUT2D eigenvalue weighted by molar-refractivity contribution is 7.80. The Hall–Kier alpha value is -2.47. The maximum absolute atomic E-state index is 9.65. The maximum atomic E-state index is 9.65. The summed E-state index contributed by atoms with van der Waals surface area (Å²) in [6.07, 6.45) is 3.01. The highest BCUT2D eigenvalue weighted by Crippen LogP contribution is 2.27. The zero-order chi connectivity index (χ0) is 18.5. The molecule has 0 saturated heterocycles. The van der Waals surface area contributed by atoms with Gasteiger partial charge in [-0.25, -0.2) is 0 Å². The van der Waals surface area contributed by atoms with E-state index in [0.29, 0.717) is 23.4 Å². The number of hydrogen-bond acceptors (Lipinski definition) is 4. The Kier molecular flexibility index (Phi) is 5.83. The molecule has 138 valence electrons. The van der Waals surface area contributed by atoms with Crippen LogP contribution in [0.15, 0.2) is 36.4 Å². The molecule has 6 heteroatoms. The highest BCUT2D eigenvalue weighted by atomic mass is 32.1.